The van der Waals surface area contributed by atoms with Crippen LogP contribution in [0.4, 0.5) is 0 Å². The summed E-state index contributed by atoms with van der Waals surface area (Å²) < 4.78 is 12.6. The molecular formula is C20H30O4. The predicted molar refractivity (Wildman–Crippen MR) is 92.5 cm³/mol. The largest absolute Gasteiger partial charge is 0.374 e. The van der Waals surface area contributed by atoms with Gasteiger partial charge in [0, 0.05) is 5.92 Å². The summed E-state index contributed by atoms with van der Waals surface area (Å²) in [6, 6.07) is 10.3. The normalized spacial score (nSPS) is 32.8. The molecule has 0 spiro atoms. The molecule has 1 aromatic carbocycles. The van der Waals surface area contributed by atoms with E-state index in [4.69, 9.17) is 19.2 Å². The van der Waals surface area contributed by atoms with E-state index in [0.29, 0.717) is 25.7 Å². The molecule has 24 heavy (non-hydrogen) atoms. The molecule has 0 saturated carbocycles. The first-order valence-electron chi connectivity index (χ1n) is 9.15. The van der Waals surface area contributed by atoms with Crippen LogP contribution in [0.15, 0.2) is 30.3 Å². The van der Waals surface area contributed by atoms with Crippen molar-refractivity contribution < 1.29 is 19.2 Å². The maximum absolute atomic E-state index is 6.53. The summed E-state index contributed by atoms with van der Waals surface area (Å²) in [4.78, 5) is 10.8. The molecule has 4 heteroatoms. The van der Waals surface area contributed by atoms with Gasteiger partial charge in [0.25, 0.3) is 0 Å². The van der Waals surface area contributed by atoms with Gasteiger partial charge in [-0.15, -0.1) is 0 Å². The summed E-state index contributed by atoms with van der Waals surface area (Å²) in [6.07, 6.45) is 4.12. The zero-order valence-corrected chi connectivity index (χ0v) is 15.1. The molecule has 0 amide bonds. The van der Waals surface area contributed by atoms with Gasteiger partial charge >= 0.3 is 0 Å². The Labute approximate surface area is 145 Å². The van der Waals surface area contributed by atoms with Gasteiger partial charge in [-0.3, -0.25) is 0 Å². The van der Waals surface area contributed by atoms with Gasteiger partial charge in [0.1, 0.15) is 0 Å². The first-order chi connectivity index (χ1) is 11.5. The SMILES string of the molecule is CCC1(COCc2ccccc2)CC(C2CCCOO2)C(C)(C)O1. The van der Waals surface area contributed by atoms with Crippen molar-refractivity contribution in [2.45, 2.75) is 70.4 Å². The Morgan fingerprint density at radius 3 is 2.67 bits per heavy atom. The molecule has 2 fully saturated rings. The topological polar surface area (TPSA) is 36.9 Å². The molecule has 2 aliphatic rings. The van der Waals surface area contributed by atoms with Crippen molar-refractivity contribution in [1.29, 1.82) is 0 Å². The number of hydrogen-bond donors (Lipinski definition) is 0. The Balaban J connectivity index is 1.61. The van der Waals surface area contributed by atoms with Crippen LogP contribution in [-0.4, -0.2) is 30.5 Å². The van der Waals surface area contributed by atoms with E-state index in [0.717, 1.165) is 25.7 Å². The molecule has 0 N–H and O–H groups in total. The van der Waals surface area contributed by atoms with Gasteiger partial charge in [-0.1, -0.05) is 37.3 Å². The van der Waals surface area contributed by atoms with Crippen LogP contribution in [0.1, 0.15) is 52.0 Å². The first kappa shape index (κ1) is 17.9. The highest BCUT2D eigenvalue weighted by molar-refractivity contribution is 5.13. The Morgan fingerprint density at radius 2 is 2.00 bits per heavy atom. The van der Waals surface area contributed by atoms with Crippen molar-refractivity contribution in [3.05, 3.63) is 35.9 Å². The van der Waals surface area contributed by atoms with Crippen LogP contribution in [0.5, 0.6) is 0 Å². The average Bonchev–Trinajstić information content (AvgIpc) is 2.88. The predicted octanol–water partition coefficient (Wildman–Crippen LogP) is 4.28. The summed E-state index contributed by atoms with van der Waals surface area (Å²) >= 11 is 0. The Bertz CT molecular complexity index is 510. The van der Waals surface area contributed by atoms with Gasteiger partial charge in [-0.2, -0.15) is 0 Å². The molecule has 1 aromatic rings. The molecule has 2 saturated heterocycles. The molecule has 0 radical (unpaired) electrons. The minimum absolute atomic E-state index is 0.122. The van der Waals surface area contributed by atoms with Gasteiger partial charge in [0.05, 0.1) is 37.1 Å². The Hall–Kier alpha value is -0.940. The Kier molecular flexibility index (Phi) is 5.60. The van der Waals surface area contributed by atoms with E-state index < -0.39 is 0 Å². The highest BCUT2D eigenvalue weighted by atomic mass is 17.2. The fraction of sp³-hybridized carbons (Fsp3) is 0.700. The van der Waals surface area contributed by atoms with Crippen LogP contribution in [0.25, 0.3) is 0 Å². The lowest BCUT2D eigenvalue weighted by Gasteiger charge is -2.34. The summed E-state index contributed by atoms with van der Waals surface area (Å²) in [5, 5.41) is 0. The lowest BCUT2D eigenvalue weighted by Crippen LogP contribution is -2.39. The van der Waals surface area contributed by atoms with Crippen molar-refractivity contribution in [3.8, 4) is 0 Å². The fourth-order valence-corrected chi connectivity index (χ4v) is 4.03. The van der Waals surface area contributed by atoms with E-state index in [1.165, 1.54) is 5.56 Å². The van der Waals surface area contributed by atoms with Crippen LogP contribution in [0.3, 0.4) is 0 Å². The fourth-order valence-electron chi connectivity index (χ4n) is 4.03. The van der Waals surface area contributed by atoms with E-state index >= 15 is 0 Å². The average molecular weight is 334 g/mol. The van der Waals surface area contributed by atoms with E-state index in [1.54, 1.807) is 0 Å². The molecule has 2 aliphatic heterocycles. The number of ether oxygens (including phenoxy) is 2. The zero-order chi connectivity index (χ0) is 17.0. The third-order valence-electron chi connectivity index (χ3n) is 5.44. The highest BCUT2D eigenvalue weighted by Gasteiger charge is 2.53. The van der Waals surface area contributed by atoms with E-state index in [1.807, 2.05) is 18.2 Å². The second-order valence-electron chi connectivity index (χ2n) is 7.63. The highest BCUT2D eigenvalue weighted by Crippen LogP contribution is 2.47. The lowest BCUT2D eigenvalue weighted by atomic mass is 9.80. The van der Waals surface area contributed by atoms with Gasteiger partial charge in [-0.25, -0.2) is 9.78 Å². The van der Waals surface area contributed by atoms with Crippen LogP contribution < -0.4 is 0 Å². The maximum Gasteiger partial charge on any atom is 0.0987 e. The molecular weight excluding hydrogens is 304 g/mol. The summed E-state index contributed by atoms with van der Waals surface area (Å²) in [5.74, 6) is 0.332. The van der Waals surface area contributed by atoms with Crippen molar-refractivity contribution in [1.82, 2.24) is 0 Å². The minimum atomic E-state index is -0.232. The standard InChI is InChI=1S/C20H30O4/c1-4-20(15-21-14-16-9-6-5-7-10-16)13-17(19(2,3)24-20)18-11-8-12-22-23-18/h5-7,9-10,17-18H,4,8,11-15H2,1-3H3. The summed E-state index contributed by atoms with van der Waals surface area (Å²) in [5.41, 5.74) is 0.739. The number of benzene rings is 1. The Morgan fingerprint density at radius 1 is 1.21 bits per heavy atom. The van der Waals surface area contributed by atoms with Gasteiger partial charge in [-0.05, 0) is 45.1 Å². The number of hydrogen-bond acceptors (Lipinski definition) is 4. The third-order valence-corrected chi connectivity index (χ3v) is 5.44. The monoisotopic (exact) mass is 334 g/mol. The second kappa shape index (κ2) is 7.52. The van der Waals surface area contributed by atoms with E-state index in [-0.39, 0.29) is 17.3 Å². The molecule has 0 bridgehead atoms. The molecule has 3 atom stereocenters. The van der Waals surface area contributed by atoms with E-state index in [2.05, 4.69) is 32.9 Å². The first-order valence-corrected chi connectivity index (χ1v) is 9.15. The molecule has 134 valence electrons. The van der Waals surface area contributed by atoms with Crippen LogP contribution in [0.2, 0.25) is 0 Å². The molecule has 3 unspecified atom stereocenters. The van der Waals surface area contributed by atoms with Crippen LogP contribution in [0, 0.1) is 5.92 Å². The van der Waals surface area contributed by atoms with Crippen molar-refractivity contribution in [3.63, 3.8) is 0 Å². The molecule has 0 aromatic heterocycles. The second-order valence-corrected chi connectivity index (χ2v) is 7.63. The maximum atomic E-state index is 6.53. The van der Waals surface area contributed by atoms with Gasteiger partial charge in [0.2, 0.25) is 0 Å². The van der Waals surface area contributed by atoms with Gasteiger partial charge in [0.15, 0.2) is 0 Å². The third kappa shape index (κ3) is 3.99. The number of rotatable bonds is 6. The smallest absolute Gasteiger partial charge is 0.0987 e. The minimum Gasteiger partial charge on any atom is -0.374 e. The van der Waals surface area contributed by atoms with Crippen molar-refractivity contribution >= 4 is 0 Å². The van der Waals surface area contributed by atoms with Crippen LogP contribution in [-0.2, 0) is 25.9 Å². The molecule has 2 heterocycles. The summed E-state index contributed by atoms with van der Waals surface area (Å²) in [7, 11) is 0. The lowest BCUT2D eigenvalue weighted by molar-refractivity contribution is -0.357. The van der Waals surface area contributed by atoms with Crippen molar-refractivity contribution in [2.24, 2.45) is 5.92 Å². The van der Waals surface area contributed by atoms with Crippen molar-refractivity contribution in [2.75, 3.05) is 13.2 Å². The van der Waals surface area contributed by atoms with E-state index in [9.17, 15) is 0 Å². The molecule has 3 rings (SSSR count). The summed E-state index contributed by atoms with van der Waals surface area (Å²) in [6.45, 7) is 8.46. The van der Waals surface area contributed by atoms with Crippen LogP contribution >= 0.6 is 0 Å². The quantitative estimate of drug-likeness (QED) is 0.728. The van der Waals surface area contributed by atoms with Gasteiger partial charge < -0.3 is 9.47 Å². The molecule has 0 aliphatic carbocycles. The molecule has 4 nitrogen and oxygen atoms in total. The zero-order valence-electron chi connectivity index (χ0n) is 15.1.